The largest absolute Gasteiger partial charge is 2.00 e. The third-order valence-corrected chi connectivity index (χ3v) is 4.31. The van der Waals surface area contributed by atoms with Crippen molar-refractivity contribution in [3.63, 3.8) is 0 Å². The molecule has 0 aromatic carbocycles. The van der Waals surface area contributed by atoms with Crippen LogP contribution in [0.1, 0.15) is 0 Å². The van der Waals surface area contributed by atoms with E-state index in [1.807, 2.05) is 0 Å². The summed E-state index contributed by atoms with van der Waals surface area (Å²) in [4.78, 5) is 69.4. The van der Waals surface area contributed by atoms with Crippen LogP contribution in [0.25, 0.3) is 0 Å². The molecule has 0 unspecified atom stereocenters. The summed E-state index contributed by atoms with van der Waals surface area (Å²) in [5.41, 5.74) is 0. The molecule has 0 heterocycles. The van der Waals surface area contributed by atoms with Crippen LogP contribution in [-0.4, -0.2) is 156 Å². The third-order valence-electron chi connectivity index (χ3n) is 4.31. The second-order valence-electron chi connectivity index (χ2n) is 7.21. The molecule has 32 N–H and O–H groups in total. The minimum absolute atomic E-state index is 0. The molecule has 0 saturated carbocycles. The Morgan fingerprint density at radius 1 is 0.286 bits per heavy atom. The van der Waals surface area contributed by atoms with E-state index in [1.54, 1.807) is 0 Å². The van der Waals surface area contributed by atoms with Gasteiger partial charge in [-0.3, -0.25) is 19.6 Å². The zero-order valence-corrected chi connectivity index (χ0v) is 28.9. The molecule has 0 spiro atoms. The minimum Gasteiger partial charge on any atom is -0.549 e. The number of carbonyl (C=O) groups excluding carboxylic acids is 6. The fraction of sp³-hybridized carbons (Fsp3) is 0.667. The van der Waals surface area contributed by atoms with Gasteiger partial charge < -0.3 is 125 Å². The van der Waals surface area contributed by atoms with Gasteiger partial charge in [-0.25, -0.2) is 0 Å². The van der Waals surface area contributed by atoms with E-state index in [0.717, 1.165) is 9.80 Å². The SMILES string of the molecule is O.O.O.O.O=C([O-])CN(CCN(CCN(CC(=O)[O-])CC(=O)[O-])CC(=O)[O-])CCN(CC(=O)[O-])CC(=O)[O-].[Co+2].[Co+2].[Co+2].[OH3+].[OH3+].[OH3+].[OH3+].[OH3+].[OH3+].[OH3+].[OH3+]. The number of hydrogen-bond donors (Lipinski definition) is 0. The molecule has 3 radical (unpaired) electrons. The maximum Gasteiger partial charge on any atom is 2.00 e. The van der Waals surface area contributed by atoms with Crippen LogP contribution in [0.4, 0.5) is 0 Å². The molecule has 0 aromatic heterocycles. The quantitative estimate of drug-likeness (QED) is 0.0966. The fourth-order valence-electron chi connectivity index (χ4n) is 2.91. The summed E-state index contributed by atoms with van der Waals surface area (Å²) >= 11 is 0. The van der Waals surface area contributed by atoms with Crippen molar-refractivity contribution < 1.29 is 175 Å². The average molecular weight is 889 g/mol. The van der Waals surface area contributed by atoms with Gasteiger partial charge in [0.1, 0.15) is 0 Å². The van der Waals surface area contributed by atoms with Crippen molar-refractivity contribution in [2.75, 3.05) is 78.5 Å². The van der Waals surface area contributed by atoms with Gasteiger partial charge >= 0.3 is 50.3 Å². The molecule has 0 aliphatic heterocycles. The summed E-state index contributed by atoms with van der Waals surface area (Å²) in [6, 6.07) is 0. The van der Waals surface area contributed by atoms with Crippen molar-refractivity contribution in [3.05, 3.63) is 0 Å². The standard InChI is InChI=1S/C18H30N4O12.3Co.12H2O/c23-13(24)7-19(3-5-21(9-15(27)28)10-16(29)30)1-2-20(8-14(25)26)4-6-22(11-17(31)32)12-18(33)34;;;;;;;;;;;;;;;/h1-12H2,(H,23,24)(H,25,26)(H,27,28)(H,29,30)(H,31,32)(H,33,34);;;;12*1H2/q;3*+2;;;;;;;;;;;;/p+2. The molecule has 0 aliphatic rings. The molecule has 0 saturated heterocycles. The molecule has 28 nitrogen and oxygen atoms in total. The third kappa shape index (κ3) is 64.8. The maximum absolute atomic E-state index is 11.0. The van der Waals surface area contributed by atoms with Crippen LogP contribution in [0.15, 0.2) is 0 Å². The van der Waals surface area contributed by atoms with Crippen molar-refractivity contribution in [2.24, 2.45) is 0 Å². The van der Waals surface area contributed by atoms with Crippen molar-refractivity contribution in [2.45, 2.75) is 0 Å². The van der Waals surface area contributed by atoms with Gasteiger partial charge in [0.2, 0.25) is 0 Å². The van der Waals surface area contributed by atoms with Crippen molar-refractivity contribution in [1.29, 1.82) is 0 Å². The van der Waals surface area contributed by atoms with Crippen molar-refractivity contribution >= 4 is 35.8 Å². The summed E-state index contributed by atoms with van der Waals surface area (Å²) in [5.74, 6) is -9.27. The predicted molar refractivity (Wildman–Crippen MR) is 149 cm³/mol. The molecule has 0 atom stereocenters. The number of carbonyl (C=O) groups is 6. The number of nitrogens with zero attached hydrogens (tertiary/aromatic N) is 4. The van der Waals surface area contributed by atoms with Crippen LogP contribution >= 0.6 is 0 Å². The van der Waals surface area contributed by atoms with Gasteiger partial charge in [0.05, 0.1) is 35.8 Å². The van der Waals surface area contributed by atoms with Crippen LogP contribution < -0.4 is 30.6 Å². The molecule has 0 rings (SSSR count). The smallest absolute Gasteiger partial charge is 0.549 e. The second-order valence-corrected chi connectivity index (χ2v) is 7.21. The molecule has 0 fully saturated rings. The first-order valence-corrected chi connectivity index (χ1v) is 9.87. The normalized spacial score (nSPS) is 7.84. The monoisotopic (exact) mass is 889 g/mol. The Morgan fingerprint density at radius 2 is 0.388 bits per heavy atom. The van der Waals surface area contributed by atoms with E-state index in [4.69, 9.17) is 0 Å². The predicted octanol–water partition coefficient (Wildman–Crippen LogP) is -22.0. The molecular formula is C18H56Co3N4O24+8. The molecule has 31 heteroatoms. The first-order chi connectivity index (χ1) is 15.8. The van der Waals surface area contributed by atoms with Crippen molar-refractivity contribution in [3.8, 4) is 0 Å². The number of rotatable bonds is 21. The number of aliphatic carboxylic acids is 6. The number of carboxylic acid groups (broad SMARTS) is 6. The first-order valence-electron chi connectivity index (χ1n) is 9.87. The van der Waals surface area contributed by atoms with E-state index in [0.29, 0.717) is 0 Å². The number of carboxylic acids is 6. The molecule has 0 bridgehead atoms. The Kier molecular flexibility index (Phi) is 122. The summed E-state index contributed by atoms with van der Waals surface area (Å²) in [6.07, 6.45) is 0. The van der Waals surface area contributed by atoms with Gasteiger partial charge in [0.15, 0.2) is 0 Å². The molecule has 311 valence electrons. The van der Waals surface area contributed by atoms with E-state index < -0.39 is 75.1 Å². The number of hydrogen-bond acceptors (Lipinski definition) is 16. The average Bonchev–Trinajstić information content (AvgIpc) is 2.64. The molecule has 0 aromatic rings. The molecule has 49 heavy (non-hydrogen) atoms. The van der Waals surface area contributed by atoms with Crippen LogP contribution in [0.3, 0.4) is 0 Å². The van der Waals surface area contributed by atoms with Gasteiger partial charge in [-0.2, -0.15) is 0 Å². The topological polar surface area (TPSA) is 644 Å². The molecular weight excluding hydrogens is 833 g/mol. The van der Waals surface area contributed by atoms with E-state index >= 15 is 0 Å². The van der Waals surface area contributed by atoms with Crippen LogP contribution in [0.5, 0.6) is 0 Å². The summed E-state index contributed by atoms with van der Waals surface area (Å²) in [7, 11) is 0. The Bertz CT molecular complexity index is 670. The maximum atomic E-state index is 11.0. The van der Waals surface area contributed by atoms with Crippen LogP contribution in [0, 0.1) is 0 Å². The van der Waals surface area contributed by atoms with E-state index in [-0.39, 0.29) is 155 Å². The van der Waals surface area contributed by atoms with Crippen molar-refractivity contribution in [1.82, 2.24) is 19.6 Å². The Balaban J connectivity index is -0.0000000519. The van der Waals surface area contributed by atoms with Crippen LogP contribution in [-0.2, 0) is 123 Å². The van der Waals surface area contributed by atoms with Gasteiger partial charge in [0.25, 0.3) is 0 Å². The zero-order chi connectivity index (χ0) is 26.3. The Morgan fingerprint density at radius 3 is 0.510 bits per heavy atom. The van der Waals surface area contributed by atoms with Gasteiger partial charge in [-0.05, 0) is 0 Å². The first kappa shape index (κ1) is 103. The van der Waals surface area contributed by atoms with E-state index in [1.165, 1.54) is 9.80 Å². The molecule has 0 aliphatic carbocycles. The van der Waals surface area contributed by atoms with Gasteiger partial charge in [-0.1, -0.05) is 0 Å². The van der Waals surface area contributed by atoms with E-state index in [9.17, 15) is 59.4 Å². The second kappa shape index (κ2) is 57.9. The van der Waals surface area contributed by atoms with Gasteiger partial charge in [-0.15, -0.1) is 0 Å². The molecule has 0 amide bonds. The van der Waals surface area contributed by atoms with E-state index in [2.05, 4.69) is 0 Å². The summed E-state index contributed by atoms with van der Waals surface area (Å²) in [6.45, 7) is -5.22. The van der Waals surface area contributed by atoms with Gasteiger partial charge in [0, 0.05) is 78.5 Å². The van der Waals surface area contributed by atoms with Crippen LogP contribution in [0.2, 0.25) is 0 Å². The summed E-state index contributed by atoms with van der Waals surface area (Å²) < 4.78 is 0. The summed E-state index contributed by atoms with van der Waals surface area (Å²) in [5, 5.41) is 65.1. The zero-order valence-electron chi connectivity index (χ0n) is 25.8. The minimum atomic E-state index is -1.56. The Labute approximate surface area is 308 Å². The fourth-order valence-corrected chi connectivity index (χ4v) is 2.91. The Hall–Kier alpha value is -2.30.